The lowest BCUT2D eigenvalue weighted by Crippen LogP contribution is -2.14. The summed E-state index contributed by atoms with van der Waals surface area (Å²) in [5, 5.41) is 9.63. The molecule has 0 aliphatic carbocycles. The number of carboxylic acids is 1. The van der Waals surface area contributed by atoms with Gasteiger partial charge < -0.3 is 25.9 Å². The van der Waals surface area contributed by atoms with Crippen LogP contribution in [0.15, 0.2) is 48.5 Å². The second-order valence-corrected chi connectivity index (χ2v) is 7.10. The number of hydrogen-bond acceptors (Lipinski definition) is 4. The lowest BCUT2D eigenvalue weighted by Gasteiger charge is -2.18. The van der Waals surface area contributed by atoms with Crippen molar-refractivity contribution in [3.63, 3.8) is 0 Å². The number of rotatable bonds is 8. The van der Waals surface area contributed by atoms with Crippen LogP contribution in [0.2, 0.25) is 5.02 Å². The molecule has 156 valence electrons. The number of benzene rings is 2. The summed E-state index contributed by atoms with van der Waals surface area (Å²) in [7, 11) is 1.56. The third-order valence-electron chi connectivity index (χ3n) is 4.83. The Morgan fingerprint density at radius 3 is 2.50 bits per heavy atom. The average Bonchev–Trinajstić information content (AvgIpc) is 3.14. The van der Waals surface area contributed by atoms with Crippen LogP contribution in [-0.4, -0.2) is 28.7 Å². The zero-order valence-electron chi connectivity index (χ0n) is 16.4. The zero-order chi connectivity index (χ0) is 21.8. The van der Waals surface area contributed by atoms with Crippen molar-refractivity contribution in [2.75, 3.05) is 7.11 Å². The first-order valence-corrected chi connectivity index (χ1v) is 9.63. The van der Waals surface area contributed by atoms with Crippen molar-refractivity contribution in [2.24, 2.45) is 11.5 Å². The van der Waals surface area contributed by atoms with Crippen LogP contribution in [0.4, 0.5) is 0 Å². The van der Waals surface area contributed by atoms with E-state index in [0.29, 0.717) is 28.3 Å². The van der Waals surface area contributed by atoms with Gasteiger partial charge in [-0.2, -0.15) is 0 Å². The fraction of sp³-hybridized carbons (Fsp3) is 0.182. The highest BCUT2D eigenvalue weighted by Crippen LogP contribution is 2.35. The van der Waals surface area contributed by atoms with Gasteiger partial charge in [-0.15, -0.1) is 0 Å². The third-order valence-corrected chi connectivity index (χ3v) is 5.15. The Morgan fingerprint density at radius 2 is 1.90 bits per heavy atom. The number of carboxylic acid groups (broad SMARTS) is 1. The molecule has 1 amide bonds. The number of primary amides is 1. The molecular weight excluding hydrogens is 406 g/mol. The Hall–Kier alpha value is -3.29. The van der Waals surface area contributed by atoms with Gasteiger partial charge in [0.1, 0.15) is 5.75 Å². The number of nitrogens with two attached hydrogens (primary N) is 2. The highest BCUT2D eigenvalue weighted by atomic mass is 35.5. The summed E-state index contributed by atoms with van der Waals surface area (Å²) in [6.45, 7) is 0.169. The van der Waals surface area contributed by atoms with Crippen LogP contribution < -0.4 is 16.2 Å². The van der Waals surface area contributed by atoms with E-state index in [1.807, 2.05) is 22.8 Å². The number of aromatic nitrogens is 1. The van der Waals surface area contributed by atoms with Crippen molar-refractivity contribution in [2.45, 2.75) is 19.4 Å². The molecule has 0 radical (unpaired) electrons. The van der Waals surface area contributed by atoms with Crippen molar-refractivity contribution in [3.8, 4) is 22.7 Å². The molecule has 3 rings (SSSR count). The lowest BCUT2D eigenvalue weighted by atomic mass is 10.1. The van der Waals surface area contributed by atoms with Crippen LogP contribution in [-0.2, 0) is 17.8 Å². The topological polar surface area (TPSA) is 121 Å². The number of hydrogen-bond donors (Lipinski definition) is 3. The molecule has 30 heavy (non-hydrogen) atoms. The minimum atomic E-state index is -0.894. The van der Waals surface area contributed by atoms with Gasteiger partial charge in [-0.25, -0.2) is 0 Å². The van der Waals surface area contributed by atoms with E-state index >= 15 is 0 Å². The molecule has 0 aliphatic heterocycles. The van der Waals surface area contributed by atoms with E-state index < -0.39 is 11.9 Å². The molecule has 5 N–H and O–H groups in total. The van der Waals surface area contributed by atoms with Crippen LogP contribution in [0, 0.1) is 0 Å². The smallest absolute Gasteiger partial charge is 0.303 e. The van der Waals surface area contributed by atoms with Gasteiger partial charge in [-0.05, 0) is 60.5 Å². The summed E-state index contributed by atoms with van der Waals surface area (Å²) in [6, 6.07) is 14.1. The largest absolute Gasteiger partial charge is 0.497 e. The van der Waals surface area contributed by atoms with Gasteiger partial charge >= 0.3 is 5.97 Å². The molecule has 0 fully saturated rings. The molecule has 0 unspecified atom stereocenters. The van der Waals surface area contributed by atoms with E-state index in [9.17, 15) is 9.59 Å². The Kier molecular flexibility index (Phi) is 6.44. The van der Waals surface area contributed by atoms with Gasteiger partial charge in [0.05, 0.1) is 29.9 Å². The third kappa shape index (κ3) is 4.32. The fourth-order valence-electron chi connectivity index (χ4n) is 3.35. The standard InChI is InChI=1S/C22H22ClN3O4/c1-30-16-5-6-17(18(23)11-16)20-8-3-15(4-9-21(27)28)26(20)19-7-2-13(22(25)29)10-14(19)12-24/h2-3,5-8,10-11H,4,9,12,24H2,1H3,(H2,25,29)(H,27,28). The summed E-state index contributed by atoms with van der Waals surface area (Å²) in [6.07, 6.45) is 0.280. The monoisotopic (exact) mass is 427 g/mol. The maximum absolute atomic E-state index is 11.6. The number of halogens is 1. The Balaban J connectivity index is 2.22. The van der Waals surface area contributed by atoms with Crippen LogP contribution in [0.1, 0.15) is 28.0 Å². The number of amides is 1. The molecule has 0 bridgehead atoms. The molecule has 0 aliphatic rings. The summed E-state index contributed by atoms with van der Waals surface area (Å²) in [5.74, 6) is -0.815. The second kappa shape index (κ2) is 9.02. The number of aliphatic carboxylic acids is 1. The highest BCUT2D eigenvalue weighted by molar-refractivity contribution is 6.33. The van der Waals surface area contributed by atoms with Crippen molar-refractivity contribution in [1.29, 1.82) is 0 Å². The fourth-order valence-corrected chi connectivity index (χ4v) is 3.62. The first kappa shape index (κ1) is 21.4. The van der Waals surface area contributed by atoms with Crippen molar-refractivity contribution in [3.05, 3.63) is 70.4 Å². The molecule has 0 saturated carbocycles. The number of carbonyl (C=O) groups excluding carboxylic acids is 1. The van der Waals surface area contributed by atoms with Crippen molar-refractivity contribution in [1.82, 2.24) is 4.57 Å². The maximum Gasteiger partial charge on any atom is 0.303 e. The van der Waals surface area contributed by atoms with E-state index in [1.165, 1.54) is 0 Å². The molecule has 0 atom stereocenters. The SMILES string of the molecule is COc1ccc(-c2ccc(CCC(=O)O)n2-c2ccc(C(N)=O)cc2CN)c(Cl)c1. The highest BCUT2D eigenvalue weighted by Gasteiger charge is 2.18. The Morgan fingerprint density at radius 1 is 1.13 bits per heavy atom. The minimum absolute atomic E-state index is 0.0306. The quantitative estimate of drug-likeness (QED) is 0.508. The van der Waals surface area contributed by atoms with Gasteiger partial charge in [0.15, 0.2) is 0 Å². The van der Waals surface area contributed by atoms with E-state index in [1.54, 1.807) is 37.4 Å². The van der Waals surface area contributed by atoms with Crippen LogP contribution in [0.25, 0.3) is 16.9 Å². The normalized spacial score (nSPS) is 10.8. The lowest BCUT2D eigenvalue weighted by molar-refractivity contribution is -0.136. The van der Waals surface area contributed by atoms with Gasteiger partial charge in [-0.1, -0.05) is 11.6 Å². The molecule has 2 aromatic carbocycles. The van der Waals surface area contributed by atoms with Gasteiger partial charge in [0.2, 0.25) is 5.91 Å². The van der Waals surface area contributed by atoms with E-state index in [-0.39, 0.29) is 13.0 Å². The molecular formula is C22H22ClN3O4. The summed E-state index contributed by atoms with van der Waals surface area (Å²) >= 11 is 6.51. The first-order valence-electron chi connectivity index (χ1n) is 9.25. The number of carbonyl (C=O) groups is 2. The minimum Gasteiger partial charge on any atom is -0.497 e. The molecule has 1 heterocycles. The summed E-state index contributed by atoms with van der Waals surface area (Å²) < 4.78 is 7.15. The predicted octanol–water partition coefficient (Wildman–Crippen LogP) is 3.38. The number of ether oxygens (including phenoxy) is 1. The Labute approximate surface area is 178 Å². The van der Waals surface area contributed by atoms with Crippen LogP contribution in [0.5, 0.6) is 5.75 Å². The second-order valence-electron chi connectivity index (χ2n) is 6.70. The van der Waals surface area contributed by atoms with E-state index in [4.69, 9.17) is 32.9 Å². The van der Waals surface area contributed by atoms with Crippen molar-refractivity contribution >= 4 is 23.5 Å². The number of nitrogens with zero attached hydrogens (tertiary/aromatic N) is 1. The molecule has 1 aromatic heterocycles. The van der Waals surface area contributed by atoms with Crippen LogP contribution >= 0.6 is 11.6 Å². The zero-order valence-corrected chi connectivity index (χ0v) is 17.1. The Bertz CT molecular complexity index is 1110. The van der Waals surface area contributed by atoms with E-state index in [2.05, 4.69) is 0 Å². The molecule has 7 nitrogen and oxygen atoms in total. The van der Waals surface area contributed by atoms with Crippen molar-refractivity contribution < 1.29 is 19.4 Å². The number of methoxy groups -OCH3 is 1. The molecule has 0 spiro atoms. The summed E-state index contributed by atoms with van der Waals surface area (Å²) in [5.41, 5.74) is 15.4. The van der Waals surface area contributed by atoms with Gasteiger partial charge in [0, 0.05) is 23.4 Å². The summed E-state index contributed by atoms with van der Waals surface area (Å²) in [4.78, 5) is 22.7. The predicted molar refractivity (Wildman–Crippen MR) is 115 cm³/mol. The van der Waals surface area contributed by atoms with E-state index in [0.717, 1.165) is 22.6 Å². The van der Waals surface area contributed by atoms with Gasteiger partial charge in [0.25, 0.3) is 0 Å². The van der Waals surface area contributed by atoms with Crippen LogP contribution in [0.3, 0.4) is 0 Å². The molecule has 0 saturated heterocycles. The number of aryl methyl sites for hydroxylation is 1. The van der Waals surface area contributed by atoms with Gasteiger partial charge in [-0.3, -0.25) is 9.59 Å². The molecule has 3 aromatic rings. The maximum atomic E-state index is 11.6. The average molecular weight is 428 g/mol. The first-order chi connectivity index (χ1) is 14.3. The molecule has 8 heteroatoms.